The van der Waals surface area contributed by atoms with E-state index in [1.165, 1.54) is 0 Å². The van der Waals surface area contributed by atoms with Gasteiger partial charge in [0.05, 0.1) is 16.9 Å². The number of piperidine rings is 1. The van der Waals surface area contributed by atoms with Gasteiger partial charge in [-0.15, -0.1) is 0 Å². The Kier molecular flexibility index (Phi) is 4.44. The third kappa shape index (κ3) is 3.23. The Morgan fingerprint density at radius 1 is 1.38 bits per heavy atom. The van der Waals surface area contributed by atoms with Crippen molar-refractivity contribution in [2.24, 2.45) is 0 Å². The van der Waals surface area contributed by atoms with Gasteiger partial charge < -0.3 is 15.5 Å². The highest BCUT2D eigenvalue weighted by atomic mass is 79.9. The minimum atomic E-state index is -0.442. The Bertz CT molecular complexity index is 1230. The highest BCUT2D eigenvalue weighted by Gasteiger charge is 2.25. The molecule has 10 heteroatoms. The standard InChI is InChI=1S/C19H18BrN7O2/c20-10-3-4-12-14(8-10)29-19(24-12)25-18(28)16-15-13(5-7-23-17(15)21)27(26-16)11-2-1-6-22-9-11/h3-5,7-8,11,22H,1-2,6,9H2,(H2,21,23)(H,24,25,28)/t11-/m1/s1. The van der Waals surface area contributed by atoms with Crippen molar-refractivity contribution >= 4 is 55.7 Å². The van der Waals surface area contributed by atoms with Crippen LogP contribution in [0, 0.1) is 0 Å². The van der Waals surface area contributed by atoms with Crippen molar-refractivity contribution in [2.45, 2.75) is 18.9 Å². The van der Waals surface area contributed by atoms with E-state index >= 15 is 0 Å². The molecule has 1 aromatic carbocycles. The van der Waals surface area contributed by atoms with Crippen LogP contribution in [0.3, 0.4) is 0 Å². The topological polar surface area (TPSA) is 124 Å². The first-order chi connectivity index (χ1) is 14.1. The average molecular weight is 456 g/mol. The smallest absolute Gasteiger partial charge is 0.302 e. The highest BCUT2D eigenvalue weighted by Crippen LogP contribution is 2.29. The molecule has 1 atom stereocenters. The van der Waals surface area contributed by atoms with E-state index in [0.717, 1.165) is 35.9 Å². The predicted molar refractivity (Wildman–Crippen MR) is 113 cm³/mol. The van der Waals surface area contributed by atoms with Gasteiger partial charge in [-0.25, -0.2) is 4.98 Å². The molecule has 4 N–H and O–H groups in total. The fourth-order valence-electron chi connectivity index (χ4n) is 3.70. The van der Waals surface area contributed by atoms with E-state index in [1.807, 2.05) is 16.8 Å². The lowest BCUT2D eigenvalue weighted by molar-refractivity contribution is 0.101. The number of amides is 1. The number of halogens is 1. The number of pyridine rings is 1. The number of nitrogens with one attached hydrogen (secondary N) is 2. The van der Waals surface area contributed by atoms with Gasteiger partial charge in [-0.1, -0.05) is 15.9 Å². The molecule has 0 unspecified atom stereocenters. The first-order valence-electron chi connectivity index (χ1n) is 9.31. The molecule has 4 aromatic rings. The number of nitrogens with two attached hydrogens (primary N) is 1. The maximum atomic E-state index is 13.0. The van der Waals surface area contributed by atoms with Crippen molar-refractivity contribution in [3.8, 4) is 0 Å². The van der Waals surface area contributed by atoms with Crippen LogP contribution in [-0.4, -0.2) is 38.7 Å². The van der Waals surface area contributed by atoms with E-state index < -0.39 is 5.91 Å². The van der Waals surface area contributed by atoms with Crippen LogP contribution in [0.15, 0.2) is 39.4 Å². The van der Waals surface area contributed by atoms with Crippen LogP contribution in [0.25, 0.3) is 22.0 Å². The maximum Gasteiger partial charge on any atom is 0.302 e. The summed E-state index contributed by atoms with van der Waals surface area (Å²) in [4.78, 5) is 21.5. The van der Waals surface area contributed by atoms with E-state index in [9.17, 15) is 4.79 Å². The number of benzene rings is 1. The van der Waals surface area contributed by atoms with E-state index in [-0.39, 0.29) is 23.6 Å². The molecule has 3 aromatic heterocycles. The summed E-state index contributed by atoms with van der Waals surface area (Å²) in [6, 6.07) is 7.54. The van der Waals surface area contributed by atoms with Crippen LogP contribution in [0.1, 0.15) is 29.4 Å². The molecular weight excluding hydrogens is 438 g/mol. The second-order valence-corrected chi connectivity index (χ2v) is 7.88. The number of hydrogen-bond donors (Lipinski definition) is 3. The second kappa shape index (κ2) is 7.12. The van der Waals surface area contributed by atoms with Gasteiger partial charge in [0.1, 0.15) is 11.3 Å². The molecule has 29 heavy (non-hydrogen) atoms. The summed E-state index contributed by atoms with van der Waals surface area (Å²) < 4.78 is 8.38. The number of oxazole rings is 1. The maximum absolute atomic E-state index is 13.0. The number of fused-ring (bicyclic) bond motifs is 2. The molecule has 1 aliphatic rings. The zero-order valence-corrected chi connectivity index (χ0v) is 16.9. The van der Waals surface area contributed by atoms with Crippen molar-refractivity contribution in [2.75, 3.05) is 24.1 Å². The van der Waals surface area contributed by atoms with E-state index in [4.69, 9.17) is 10.2 Å². The third-order valence-electron chi connectivity index (χ3n) is 5.05. The van der Waals surface area contributed by atoms with Gasteiger partial charge in [0.25, 0.3) is 5.91 Å². The number of aromatic nitrogens is 4. The van der Waals surface area contributed by atoms with Crippen LogP contribution in [-0.2, 0) is 0 Å². The minimum Gasteiger partial charge on any atom is -0.423 e. The number of nitrogens with zero attached hydrogens (tertiary/aromatic N) is 4. The summed E-state index contributed by atoms with van der Waals surface area (Å²) >= 11 is 3.39. The molecule has 1 fully saturated rings. The number of carbonyl (C=O) groups is 1. The first kappa shape index (κ1) is 18.1. The van der Waals surface area contributed by atoms with E-state index in [1.54, 1.807) is 18.3 Å². The first-order valence-corrected chi connectivity index (χ1v) is 10.1. The van der Waals surface area contributed by atoms with Gasteiger partial charge in [-0.3, -0.25) is 14.8 Å². The van der Waals surface area contributed by atoms with Crippen molar-refractivity contribution < 1.29 is 9.21 Å². The Labute approximate surface area is 173 Å². The Morgan fingerprint density at radius 3 is 3.10 bits per heavy atom. The van der Waals surface area contributed by atoms with Crippen molar-refractivity contribution in [3.63, 3.8) is 0 Å². The highest BCUT2D eigenvalue weighted by molar-refractivity contribution is 9.10. The molecule has 1 amide bonds. The minimum absolute atomic E-state index is 0.104. The molecule has 148 valence electrons. The molecule has 0 bridgehead atoms. The molecule has 9 nitrogen and oxygen atoms in total. The second-order valence-electron chi connectivity index (χ2n) is 6.97. The number of nitrogen functional groups attached to an aromatic ring is 1. The lowest BCUT2D eigenvalue weighted by atomic mass is 10.1. The molecule has 0 aliphatic carbocycles. The van der Waals surface area contributed by atoms with Crippen LogP contribution in [0.5, 0.6) is 0 Å². The van der Waals surface area contributed by atoms with Gasteiger partial charge in [0.2, 0.25) is 0 Å². The molecule has 1 saturated heterocycles. The zero-order valence-electron chi connectivity index (χ0n) is 15.4. The van der Waals surface area contributed by atoms with Crippen molar-refractivity contribution in [1.82, 2.24) is 25.1 Å². The zero-order chi connectivity index (χ0) is 20.0. The fourth-order valence-corrected chi connectivity index (χ4v) is 4.04. The summed E-state index contributed by atoms with van der Waals surface area (Å²) in [6.45, 7) is 1.78. The summed E-state index contributed by atoms with van der Waals surface area (Å²) in [5.74, 6) is -0.174. The molecule has 0 spiro atoms. The van der Waals surface area contributed by atoms with Crippen LogP contribution in [0.2, 0.25) is 0 Å². The number of rotatable bonds is 3. The third-order valence-corrected chi connectivity index (χ3v) is 5.55. The summed E-state index contributed by atoms with van der Waals surface area (Å²) in [5.41, 5.74) is 8.32. The number of anilines is 2. The van der Waals surface area contributed by atoms with Gasteiger partial charge >= 0.3 is 6.01 Å². The van der Waals surface area contributed by atoms with Gasteiger partial charge in [0, 0.05) is 17.2 Å². The SMILES string of the molecule is Nc1nccc2c1c(C(=O)Nc1nc3ccc(Br)cc3o1)nn2[C@@H]1CCCNC1. The van der Waals surface area contributed by atoms with Crippen LogP contribution in [0.4, 0.5) is 11.8 Å². The van der Waals surface area contributed by atoms with Gasteiger partial charge in [0.15, 0.2) is 11.3 Å². The van der Waals surface area contributed by atoms with Gasteiger partial charge in [-0.05, 0) is 43.7 Å². The molecule has 0 radical (unpaired) electrons. The Hall–Kier alpha value is -2.98. The lowest BCUT2D eigenvalue weighted by Crippen LogP contribution is -2.32. The number of carbonyl (C=O) groups excluding carboxylic acids is 1. The normalized spacial score (nSPS) is 17.1. The molecule has 0 saturated carbocycles. The van der Waals surface area contributed by atoms with Crippen LogP contribution >= 0.6 is 15.9 Å². The molecule has 1 aliphatic heterocycles. The number of hydrogen-bond acceptors (Lipinski definition) is 7. The average Bonchev–Trinajstić information content (AvgIpc) is 3.30. The monoisotopic (exact) mass is 455 g/mol. The summed E-state index contributed by atoms with van der Waals surface area (Å²) in [7, 11) is 0. The van der Waals surface area contributed by atoms with Crippen molar-refractivity contribution in [3.05, 3.63) is 40.6 Å². The quantitative estimate of drug-likeness (QED) is 0.433. The molecule has 4 heterocycles. The van der Waals surface area contributed by atoms with Gasteiger partial charge in [-0.2, -0.15) is 10.1 Å². The largest absolute Gasteiger partial charge is 0.423 e. The molecule has 5 rings (SSSR count). The summed E-state index contributed by atoms with van der Waals surface area (Å²) in [5, 5.41) is 11.2. The van der Waals surface area contributed by atoms with Crippen molar-refractivity contribution in [1.29, 1.82) is 0 Å². The Morgan fingerprint density at radius 2 is 2.28 bits per heavy atom. The molecular formula is C19H18BrN7O2. The predicted octanol–water partition coefficient (Wildman–Crippen LogP) is 3.09. The van der Waals surface area contributed by atoms with Crippen LogP contribution < -0.4 is 16.4 Å². The lowest BCUT2D eigenvalue weighted by Gasteiger charge is -2.23. The Balaban J connectivity index is 1.53. The van der Waals surface area contributed by atoms with E-state index in [2.05, 4.69) is 41.6 Å². The van der Waals surface area contributed by atoms with E-state index in [0.29, 0.717) is 16.5 Å². The fraction of sp³-hybridized carbons (Fsp3) is 0.263. The summed E-state index contributed by atoms with van der Waals surface area (Å²) in [6.07, 6.45) is 3.66.